The Morgan fingerprint density at radius 3 is 2.47 bits per heavy atom. The van der Waals surface area contributed by atoms with Gasteiger partial charge in [-0.2, -0.15) is 0 Å². The van der Waals surface area contributed by atoms with Gasteiger partial charge in [-0.15, -0.1) is 0 Å². The number of hydrogen-bond acceptors (Lipinski definition) is 3. The van der Waals surface area contributed by atoms with E-state index in [0.29, 0.717) is 12.0 Å². The summed E-state index contributed by atoms with van der Waals surface area (Å²) in [7, 11) is -3.52. The molecule has 84 valence electrons. The molecule has 0 radical (unpaired) electrons. The second kappa shape index (κ2) is 4.28. The first-order chi connectivity index (χ1) is 6.80. The molecule has 1 unspecified atom stereocenters. The van der Waals surface area contributed by atoms with Gasteiger partial charge in [0.1, 0.15) is 10.7 Å². The maximum absolute atomic E-state index is 13.3. The van der Waals surface area contributed by atoms with E-state index < -0.39 is 21.8 Å². The van der Waals surface area contributed by atoms with Crippen LogP contribution in [-0.4, -0.2) is 25.9 Å². The van der Waals surface area contributed by atoms with Crippen LogP contribution in [-0.2, 0) is 16.3 Å². The van der Waals surface area contributed by atoms with Crippen LogP contribution in [0.2, 0.25) is 0 Å². The molecule has 0 aliphatic carbocycles. The quantitative estimate of drug-likeness (QED) is 0.850. The van der Waals surface area contributed by atoms with Crippen molar-refractivity contribution in [1.82, 2.24) is 0 Å². The fourth-order valence-corrected chi connectivity index (χ4v) is 2.04. The third kappa shape index (κ3) is 3.28. The van der Waals surface area contributed by atoms with E-state index in [2.05, 4.69) is 0 Å². The van der Waals surface area contributed by atoms with Crippen molar-refractivity contribution in [3.8, 4) is 0 Å². The number of hydrogen-bond donors (Lipinski definition) is 1. The number of sulfone groups is 1. The molecule has 1 aromatic carbocycles. The van der Waals surface area contributed by atoms with Crippen LogP contribution in [0.3, 0.4) is 0 Å². The SMILES string of the molecule is CC(O)Cc1ccc(S(C)(=O)=O)c(F)c1. The standard InChI is InChI=1S/C10H13FO3S/c1-7(12)5-8-3-4-10(9(11)6-8)15(2,13)14/h3-4,6-7,12H,5H2,1-2H3. The Labute approximate surface area is 88.5 Å². The lowest BCUT2D eigenvalue weighted by molar-refractivity contribution is 0.195. The van der Waals surface area contributed by atoms with Gasteiger partial charge in [0.25, 0.3) is 0 Å². The first-order valence-electron chi connectivity index (χ1n) is 4.47. The smallest absolute Gasteiger partial charge is 0.178 e. The summed E-state index contributed by atoms with van der Waals surface area (Å²) in [5, 5.41) is 9.09. The Bertz CT molecular complexity index is 452. The molecule has 0 fully saturated rings. The molecule has 0 bridgehead atoms. The summed E-state index contributed by atoms with van der Waals surface area (Å²) >= 11 is 0. The highest BCUT2D eigenvalue weighted by Gasteiger charge is 2.13. The summed E-state index contributed by atoms with van der Waals surface area (Å²) in [5.74, 6) is -0.768. The summed E-state index contributed by atoms with van der Waals surface area (Å²) in [6.45, 7) is 1.59. The van der Waals surface area contributed by atoms with E-state index >= 15 is 0 Å². The van der Waals surface area contributed by atoms with Gasteiger partial charge in [0.2, 0.25) is 0 Å². The summed E-state index contributed by atoms with van der Waals surface area (Å²) < 4.78 is 35.5. The van der Waals surface area contributed by atoms with Crippen LogP contribution in [0.5, 0.6) is 0 Å². The Morgan fingerprint density at radius 2 is 2.07 bits per heavy atom. The molecule has 1 aromatic rings. The van der Waals surface area contributed by atoms with Gasteiger partial charge >= 0.3 is 0 Å². The van der Waals surface area contributed by atoms with E-state index in [-0.39, 0.29) is 4.90 Å². The van der Waals surface area contributed by atoms with Crippen molar-refractivity contribution in [2.45, 2.75) is 24.3 Å². The lowest BCUT2D eigenvalue weighted by Gasteiger charge is -2.06. The lowest BCUT2D eigenvalue weighted by Crippen LogP contribution is -2.06. The third-order valence-corrected chi connectivity index (χ3v) is 3.06. The van der Waals surface area contributed by atoms with Crippen LogP contribution < -0.4 is 0 Å². The molecule has 5 heteroatoms. The molecular weight excluding hydrogens is 219 g/mol. The van der Waals surface area contributed by atoms with E-state index in [1.54, 1.807) is 6.92 Å². The molecule has 3 nitrogen and oxygen atoms in total. The number of aliphatic hydroxyl groups excluding tert-OH is 1. The van der Waals surface area contributed by atoms with Crippen molar-refractivity contribution in [2.75, 3.05) is 6.26 Å². The number of rotatable bonds is 3. The van der Waals surface area contributed by atoms with Crippen LogP contribution >= 0.6 is 0 Å². The van der Waals surface area contributed by atoms with Crippen LogP contribution in [0, 0.1) is 5.82 Å². The minimum atomic E-state index is -3.52. The van der Waals surface area contributed by atoms with E-state index in [4.69, 9.17) is 5.11 Å². The normalized spacial score (nSPS) is 13.9. The largest absolute Gasteiger partial charge is 0.393 e. The average Bonchev–Trinajstić information content (AvgIpc) is 1.99. The van der Waals surface area contributed by atoms with E-state index in [1.807, 2.05) is 0 Å². The highest BCUT2D eigenvalue weighted by atomic mass is 32.2. The molecule has 1 atom stereocenters. The Morgan fingerprint density at radius 1 is 1.47 bits per heavy atom. The molecule has 0 aliphatic heterocycles. The molecular formula is C10H13FO3S. The first kappa shape index (κ1) is 12.1. The molecule has 15 heavy (non-hydrogen) atoms. The van der Waals surface area contributed by atoms with E-state index in [0.717, 1.165) is 12.3 Å². The molecule has 0 saturated carbocycles. The fourth-order valence-electron chi connectivity index (χ4n) is 1.31. The van der Waals surface area contributed by atoms with Crippen LogP contribution in [0.25, 0.3) is 0 Å². The lowest BCUT2D eigenvalue weighted by atomic mass is 10.1. The highest BCUT2D eigenvalue weighted by Crippen LogP contribution is 2.16. The molecule has 0 aromatic heterocycles. The van der Waals surface area contributed by atoms with Gasteiger partial charge in [-0.25, -0.2) is 12.8 Å². The van der Waals surface area contributed by atoms with Crippen LogP contribution in [0.1, 0.15) is 12.5 Å². The Balaban J connectivity index is 3.09. The van der Waals surface area contributed by atoms with Crippen molar-refractivity contribution < 1.29 is 17.9 Å². The molecule has 0 saturated heterocycles. The Kier molecular flexibility index (Phi) is 3.46. The van der Waals surface area contributed by atoms with E-state index in [1.165, 1.54) is 12.1 Å². The van der Waals surface area contributed by atoms with Crippen molar-refractivity contribution in [1.29, 1.82) is 0 Å². The topological polar surface area (TPSA) is 54.4 Å². The molecule has 1 rings (SSSR count). The molecule has 1 N–H and O–H groups in total. The van der Waals surface area contributed by atoms with Gasteiger partial charge in [-0.1, -0.05) is 6.07 Å². The third-order valence-electron chi connectivity index (χ3n) is 1.93. The summed E-state index contributed by atoms with van der Waals surface area (Å²) in [6.07, 6.45) is 0.689. The summed E-state index contributed by atoms with van der Waals surface area (Å²) in [6, 6.07) is 3.87. The monoisotopic (exact) mass is 232 g/mol. The van der Waals surface area contributed by atoms with Gasteiger partial charge in [0.05, 0.1) is 6.10 Å². The highest BCUT2D eigenvalue weighted by molar-refractivity contribution is 7.90. The molecule has 0 spiro atoms. The summed E-state index contributed by atoms with van der Waals surface area (Å²) in [5.41, 5.74) is 0.579. The zero-order valence-electron chi connectivity index (χ0n) is 8.57. The maximum atomic E-state index is 13.3. The minimum absolute atomic E-state index is 0.307. The zero-order chi connectivity index (χ0) is 11.6. The van der Waals surface area contributed by atoms with Crippen LogP contribution in [0.15, 0.2) is 23.1 Å². The fraction of sp³-hybridized carbons (Fsp3) is 0.400. The van der Waals surface area contributed by atoms with Gasteiger partial charge in [0.15, 0.2) is 9.84 Å². The summed E-state index contributed by atoms with van der Waals surface area (Å²) in [4.78, 5) is -0.308. The van der Waals surface area contributed by atoms with Crippen LogP contribution in [0.4, 0.5) is 4.39 Å². The first-order valence-corrected chi connectivity index (χ1v) is 6.36. The van der Waals surface area contributed by atoms with E-state index in [9.17, 15) is 12.8 Å². The van der Waals surface area contributed by atoms with Crippen molar-refractivity contribution in [2.24, 2.45) is 0 Å². The number of benzene rings is 1. The minimum Gasteiger partial charge on any atom is -0.393 e. The molecule has 0 heterocycles. The number of aliphatic hydroxyl groups is 1. The average molecular weight is 232 g/mol. The van der Waals surface area contributed by atoms with Gasteiger partial charge in [-0.05, 0) is 31.0 Å². The van der Waals surface area contributed by atoms with Crippen molar-refractivity contribution >= 4 is 9.84 Å². The second-order valence-corrected chi connectivity index (χ2v) is 5.57. The second-order valence-electron chi connectivity index (χ2n) is 3.59. The zero-order valence-corrected chi connectivity index (χ0v) is 9.38. The van der Waals surface area contributed by atoms with Gasteiger partial charge in [0, 0.05) is 6.26 Å². The Hall–Kier alpha value is -0.940. The molecule has 0 amide bonds. The number of halogens is 1. The van der Waals surface area contributed by atoms with Gasteiger partial charge < -0.3 is 5.11 Å². The molecule has 0 aliphatic rings. The predicted molar refractivity (Wildman–Crippen MR) is 54.9 cm³/mol. The maximum Gasteiger partial charge on any atom is 0.178 e. The van der Waals surface area contributed by atoms with Crippen molar-refractivity contribution in [3.05, 3.63) is 29.6 Å². The van der Waals surface area contributed by atoms with Crippen molar-refractivity contribution in [3.63, 3.8) is 0 Å². The predicted octanol–water partition coefficient (Wildman–Crippen LogP) is 1.15. The van der Waals surface area contributed by atoms with Gasteiger partial charge in [-0.3, -0.25) is 0 Å².